The molecule has 1 N–H and O–H groups in total. The van der Waals surface area contributed by atoms with Crippen LogP contribution in [-0.4, -0.2) is 48.0 Å². The first-order valence-corrected chi connectivity index (χ1v) is 8.55. The maximum Gasteiger partial charge on any atom is 0.262 e. The van der Waals surface area contributed by atoms with Gasteiger partial charge >= 0.3 is 0 Å². The quantitative estimate of drug-likeness (QED) is 0.874. The molecule has 0 bridgehead atoms. The fraction of sp³-hybridized carbons (Fsp3) is 0.769. The van der Waals surface area contributed by atoms with Gasteiger partial charge in [0.25, 0.3) is 10.0 Å². The van der Waals surface area contributed by atoms with Crippen LogP contribution in [0.25, 0.3) is 0 Å². The Bertz CT molecular complexity index is 530. The highest BCUT2D eigenvalue weighted by Crippen LogP contribution is 2.22. The Balaban J connectivity index is 1.93. The number of piperidine rings is 1. The SMILES string of the molecule is CC(C)NCC1CCN(S(=O)(=O)c2cn(C)cn2)CC1. The number of hydrogen-bond acceptors (Lipinski definition) is 4. The molecule has 6 nitrogen and oxygen atoms in total. The van der Waals surface area contributed by atoms with E-state index in [1.165, 1.54) is 6.33 Å². The third kappa shape index (κ3) is 3.59. The van der Waals surface area contributed by atoms with Crippen molar-refractivity contribution in [2.45, 2.75) is 37.8 Å². The topological polar surface area (TPSA) is 67.2 Å². The third-order valence-corrected chi connectivity index (χ3v) is 5.46. The second-order valence-electron chi connectivity index (χ2n) is 5.79. The molecule has 0 radical (unpaired) electrons. The predicted molar refractivity (Wildman–Crippen MR) is 77.8 cm³/mol. The molecule has 2 heterocycles. The lowest BCUT2D eigenvalue weighted by atomic mass is 9.98. The maximum absolute atomic E-state index is 12.4. The van der Waals surface area contributed by atoms with Gasteiger partial charge in [0.15, 0.2) is 5.03 Å². The number of imidazole rings is 1. The van der Waals surface area contributed by atoms with E-state index in [4.69, 9.17) is 0 Å². The molecule has 1 aromatic heterocycles. The molecule has 0 atom stereocenters. The summed E-state index contributed by atoms with van der Waals surface area (Å²) < 4.78 is 28.0. The van der Waals surface area contributed by atoms with Crippen LogP contribution in [0.4, 0.5) is 0 Å². The Morgan fingerprint density at radius 3 is 2.55 bits per heavy atom. The van der Waals surface area contributed by atoms with Gasteiger partial charge in [-0.2, -0.15) is 4.31 Å². The summed E-state index contributed by atoms with van der Waals surface area (Å²) in [5.74, 6) is 0.563. The van der Waals surface area contributed by atoms with Crippen LogP contribution < -0.4 is 5.32 Å². The molecule has 1 aromatic rings. The molecule has 1 aliphatic heterocycles. The summed E-state index contributed by atoms with van der Waals surface area (Å²) >= 11 is 0. The van der Waals surface area contributed by atoms with E-state index in [1.807, 2.05) is 0 Å². The summed E-state index contributed by atoms with van der Waals surface area (Å²) in [5.41, 5.74) is 0. The largest absolute Gasteiger partial charge is 0.339 e. The molecule has 2 rings (SSSR count). The van der Waals surface area contributed by atoms with Gasteiger partial charge < -0.3 is 9.88 Å². The van der Waals surface area contributed by atoms with Crippen molar-refractivity contribution in [2.24, 2.45) is 13.0 Å². The van der Waals surface area contributed by atoms with E-state index in [-0.39, 0.29) is 5.03 Å². The highest BCUT2D eigenvalue weighted by molar-refractivity contribution is 7.89. The van der Waals surface area contributed by atoms with E-state index in [0.717, 1.165) is 19.4 Å². The second kappa shape index (κ2) is 6.24. The number of aryl methyl sites for hydroxylation is 1. The maximum atomic E-state index is 12.4. The van der Waals surface area contributed by atoms with Crippen LogP contribution in [0.5, 0.6) is 0 Å². The highest BCUT2D eigenvalue weighted by atomic mass is 32.2. The zero-order valence-corrected chi connectivity index (χ0v) is 13.2. The summed E-state index contributed by atoms with van der Waals surface area (Å²) in [6, 6.07) is 0.477. The molecule has 0 aromatic carbocycles. The molecule has 7 heteroatoms. The molecule has 0 amide bonds. The third-order valence-electron chi connectivity index (χ3n) is 3.67. The predicted octanol–water partition coefficient (Wildman–Crippen LogP) is 0.819. The number of rotatable bonds is 5. The van der Waals surface area contributed by atoms with Crippen LogP contribution in [-0.2, 0) is 17.1 Å². The van der Waals surface area contributed by atoms with Crippen LogP contribution >= 0.6 is 0 Å². The van der Waals surface area contributed by atoms with E-state index in [2.05, 4.69) is 24.1 Å². The van der Waals surface area contributed by atoms with Crippen molar-refractivity contribution < 1.29 is 8.42 Å². The molecular formula is C13H24N4O2S. The molecule has 0 unspecified atom stereocenters. The summed E-state index contributed by atoms with van der Waals surface area (Å²) in [6.07, 6.45) is 4.89. The Hall–Kier alpha value is -0.920. The lowest BCUT2D eigenvalue weighted by Crippen LogP contribution is -2.41. The Kier molecular flexibility index (Phi) is 4.82. The van der Waals surface area contributed by atoms with Crippen molar-refractivity contribution in [2.75, 3.05) is 19.6 Å². The first-order chi connectivity index (χ1) is 9.39. The molecule has 1 fully saturated rings. The number of aromatic nitrogens is 2. The lowest BCUT2D eigenvalue weighted by Gasteiger charge is -2.31. The fourth-order valence-electron chi connectivity index (χ4n) is 2.41. The number of nitrogens with one attached hydrogen (secondary N) is 1. The van der Waals surface area contributed by atoms with Gasteiger partial charge in [-0.1, -0.05) is 13.8 Å². The zero-order chi connectivity index (χ0) is 14.8. The minimum atomic E-state index is -3.41. The van der Waals surface area contributed by atoms with Gasteiger partial charge in [-0.15, -0.1) is 0 Å². The van der Waals surface area contributed by atoms with Crippen molar-refractivity contribution in [1.29, 1.82) is 0 Å². The Morgan fingerprint density at radius 2 is 2.05 bits per heavy atom. The van der Waals surface area contributed by atoms with E-state index < -0.39 is 10.0 Å². The first kappa shape index (κ1) is 15.5. The Morgan fingerprint density at radius 1 is 1.40 bits per heavy atom. The molecule has 0 saturated carbocycles. The zero-order valence-electron chi connectivity index (χ0n) is 12.4. The Labute approximate surface area is 121 Å². The van der Waals surface area contributed by atoms with Gasteiger partial charge in [-0.25, -0.2) is 13.4 Å². The lowest BCUT2D eigenvalue weighted by molar-refractivity contribution is 0.263. The van der Waals surface area contributed by atoms with E-state index in [0.29, 0.717) is 25.0 Å². The highest BCUT2D eigenvalue weighted by Gasteiger charge is 2.30. The van der Waals surface area contributed by atoms with Crippen molar-refractivity contribution in [3.63, 3.8) is 0 Å². The minimum absolute atomic E-state index is 0.152. The van der Waals surface area contributed by atoms with Crippen molar-refractivity contribution in [3.05, 3.63) is 12.5 Å². The van der Waals surface area contributed by atoms with Crippen molar-refractivity contribution >= 4 is 10.0 Å². The van der Waals surface area contributed by atoms with Crippen molar-refractivity contribution in [3.8, 4) is 0 Å². The molecule has 20 heavy (non-hydrogen) atoms. The molecule has 0 spiro atoms. The second-order valence-corrected chi connectivity index (χ2v) is 7.67. The van der Waals surface area contributed by atoms with E-state index >= 15 is 0 Å². The smallest absolute Gasteiger partial charge is 0.262 e. The van der Waals surface area contributed by atoms with Gasteiger partial charge in [0.05, 0.1) is 6.33 Å². The van der Waals surface area contributed by atoms with Gasteiger partial charge in [0, 0.05) is 32.4 Å². The molecule has 114 valence electrons. The average Bonchev–Trinajstić information content (AvgIpc) is 2.84. The average molecular weight is 300 g/mol. The van der Waals surface area contributed by atoms with E-state index in [1.54, 1.807) is 22.1 Å². The molecular weight excluding hydrogens is 276 g/mol. The molecule has 1 aliphatic rings. The van der Waals surface area contributed by atoms with E-state index in [9.17, 15) is 8.42 Å². The number of nitrogens with zero attached hydrogens (tertiary/aromatic N) is 3. The normalized spacial score (nSPS) is 18.8. The monoisotopic (exact) mass is 300 g/mol. The summed E-state index contributed by atoms with van der Waals surface area (Å²) in [4.78, 5) is 3.96. The molecule has 0 aliphatic carbocycles. The fourth-order valence-corrected chi connectivity index (χ4v) is 3.85. The summed E-state index contributed by atoms with van der Waals surface area (Å²) in [5, 5.41) is 3.57. The van der Waals surface area contributed by atoms with Crippen molar-refractivity contribution in [1.82, 2.24) is 19.2 Å². The molecule has 1 saturated heterocycles. The minimum Gasteiger partial charge on any atom is -0.339 e. The van der Waals surface area contributed by atoms with Gasteiger partial charge in [0.1, 0.15) is 0 Å². The van der Waals surface area contributed by atoms with Crippen LogP contribution in [0, 0.1) is 5.92 Å². The van der Waals surface area contributed by atoms with Gasteiger partial charge in [-0.3, -0.25) is 0 Å². The summed E-state index contributed by atoms with van der Waals surface area (Å²) in [6.45, 7) is 6.39. The van der Waals surface area contributed by atoms with Crippen LogP contribution in [0.1, 0.15) is 26.7 Å². The van der Waals surface area contributed by atoms with Crippen LogP contribution in [0.2, 0.25) is 0 Å². The summed E-state index contributed by atoms with van der Waals surface area (Å²) in [7, 11) is -1.64. The van der Waals surface area contributed by atoms with Crippen LogP contribution in [0.15, 0.2) is 17.6 Å². The number of hydrogen-bond donors (Lipinski definition) is 1. The standard InChI is InChI=1S/C13H24N4O2S/c1-11(2)14-8-12-4-6-17(7-5-12)20(18,19)13-9-16(3)10-15-13/h9-12,14H,4-8H2,1-3H3. The number of sulfonamides is 1. The first-order valence-electron chi connectivity index (χ1n) is 7.11. The van der Waals surface area contributed by atoms with Gasteiger partial charge in [0.2, 0.25) is 0 Å². The van der Waals surface area contributed by atoms with Crippen LogP contribution in [0.3, 0.4) is 0 Å². The van der Waals surface area contributed by atoms with Gasteiger partial charge in [-0.05, 0) is 25.3 Å².